The molecule has 0 aliphatic carbocycles. The Morgan fingerprint density at radius 2 is 2.00 bits per heavy atom. The summed E-state index contributed by atoms with van der Waals surface area (Å²) in [6.45, 7) is 0.708. The quantitative estimate of drug-likeness (QED) is 0.777. The maximum Gasteiger partial charge on any atom is 0.311 e. The van der Waals surface area contributed by atoms with Gasteiger partial charge in [-0.1, -0.05) is 23.7 Å². The van der Waals surface area contributed by atoms with Crippen LogP contribution in [0.3, 0.4) is 0 Å². The number of likely N-dealkylation sites (tertiary alicyclic amines) is 1. The molecule has 1 aromatic carbocycles. The van der Waals surface area contributed by atoms with Crippen LogP contribution in [0.25, 0.3) is 0 Å². The average molecular weight is 255 g/mol. The lowest BCUT2D eigenvalue weighted by atomic mass is 10.1. The molecule has 0 bridgehead atoms. The number of nitrogens with zero attached hydrogens (tertiary/aromatic N) is 1. The predicted octanol–water partition coefficient (Wildman–Crippen LogP) is 0.415. The molecule has 90 valence electrons. The summed E-state index contributed by atoms with van der Waals surface area (Å²) >= 11 is 5.92. The number of hydrogen-bond donors (Lipinski definition) is 1. The standard InChI is InChI=1S/C11H11ClN2O3/c12-8-3-1-2-4-9(8)17-7-5-14(6-7)11(16)10(13)15/h1-4,7H,5-6H2,(H2,13,15). The summed E-state index contributed by atoms with van der Waals surface area (Å²) < 4.78 is 5.56. The van der Waals surface area contributed by atoms with Crippen molar-refractivity contribution in [3.8, 4) is 5.75 Å². The molecule has 2 rings (SSSR count). The molecule has 6 heteroatoms. The summed E-state index contributed by atoms with van der Waals surface area (Å²) in [4.78, 5) is 23.1. The van der Waals surface area contributed by atoms with Crippen molar-refractivity contribution in [2.75, 3.05) is 13.1 Å². The first-order valence-corrected chi connectivity index (χ1v) is 5.45. The largest absolute Gasteiger partial charge is 0.485 e. The highest BCUT2D eigenvalue weighted by Crippen LogP contribution is 2.26. The van der Waals surface area contributed by atoms with Crippen molar-refractivity contribution in [2.45, 2.75) is 6.10 Å². The van der Waals surface area contributed by atoms with Crippen LogP contribution < -0.4 is 10.5 Å². The number of rotatable bonds is 2. The highest BCUT2D eigenvalue weighted by molar-refractivity contribution is 6.34. The minimum atomic E-state index is -0.943. The van der Waals surface area contributed by atoms with Crippen molar-refractivity contribution < 1.29 is 14.3 Å². The van der Waals surface area contributed by atoms with Crippen LogP contribution in [0.4, 0.5) is 0 Å². The first kappa shape index (κ1) is 11.7. The van der Waals surface area contributed by atoms with Crippen LogP contribution in [0.5, 0.6) is 5.75 Å². The van der Waals surface area contributed by atoms with Gasteiger partial charge in [-0.05, 0) is 12.1 Å². The number of benzene rings is 1. The molecule has 2 amide bonds. The van der Waals surface area contributed by atoms with Gasteiger partial charge < -0.3 is 15.4 Å². The SMILES string of the molecule is NC(=O)C(=O)N1CC(Oc2ccccc2Cl)C1. The zero-order chi connectivity index (χ0) is 12.4. The van der Waals surface area contributed by atoms with Crippen LogP contribution in [-0.4, -0.2) is 35.9 Å². The fourth-order valence-electron chi connectivity index (χ4n) is 1.55. The van der Waals surface area contributed by atoms with E-state index in [1.807, 2.05) is 6.07 Å². The van der Waals surface area contributed by atoms with E-state index in [9.17, 15) is 9.59 Å². The van der Waals surface area contributed by atoms with Gasteiger partial charge in [-0.25, -0.2) is 0 Å². The van der Waals surface area contributed by atoms with Gasteiger partial charge in [0.25, 0.3) is 0 Å². The van der Waals surface area contributed by atoms with Gasteiger partial charge in [0, 0.05) is 0 Å². The number of para-hydroxylation sites is 1. The molecule has 0 radical (unpaired) electrons. The Labute approximate surface area is 103 Å². The van der Waals surface area contributed by atoms with Crippen molar-refractivity contribution in [1.82, 2.24) is 4.90 Å². The van der Waals surface area contributed by atoms with Gasteiger partial charge in [-0.15, -0.1) is 0 Å². The fraction of sp³-hybridized carbons (Fsp3) is 0.273. The summed E-state index contributed by atoms with van der Waals surface area (Å²) in [6, 6.07) is 7.09. The van der Waals surface area contributed by atoms with Crippen molar-refractivity contribution in [2.24, 2.45) is 5.73 Å². The smallest absolute Gasteiger partial charge is 0.311 e. The van der Waals surface area contributed by atoms with Crippen LogP contribution in [0.15, 0.2) is 24.3 Å². The third-order valence-electron chi connectivity index (χ3n) is 2.48. The number of primary amides is 1. The molecule has 0 spiro atoms. The van der Waals surface area contributed by atoms with Crippen LogP contribution >= 0.6 is 11.6 Å². The summed E-state index contributed by atoms with van der Waals surface area (Å²) in [7, 11) is 0. The number of carbonyl (C=O) groups is 2. The summed E-state index contributed by atoms with van der Waals surface area (Å²) in [5.74, 6) is -1.05. The molecular weight excluding hydrogens is 244 g/mol. The molecule has 2 N–H and O–H groups in total. The van der Waals surface area contributed by atoms with Gasteiger partial charge in [0.1, 0.15) is 11.9 Å². The Bertz CT molecular complexity index is 458. The van der Waals surface area contributed by atoms with E-state index in [0.717, 1.165) is 0 Å². The summed E-state index contributed by atoms with van der Waals surface area (Å²) in [5, 5.41) is 0.521. The van der Waals surface area contributed by atoms with Crippen LogP contribution in [0, 0.1) is 0 Å². The molecule has 1 aromatic rings. The second-order valence-electron chi connectivity index (χ2n) is 3.74. The topological polar surface area (TPSA) is 72.6 Å². The first-order chi connectivity index (χ1) is 8.08. The van der Waals surface area contributed by atoms with Gasteiger partial charge in [0.15, 0.2) is 0 Å². The maximum atomic E-state index is 11.2. The van der Waals surface area contributed by atoms with E-state index in [2.05, 4.69) is 0 Å². The van der Waals surface area contributed by atoms with E-state index in [4.69, 9.17) is 22.1 Å². The molecule has 5 nitrogen and oxygen atoms in total. The van der Waals surface area contributed by atoms with Crippen molar-refractivity contribution >= 4 is 23.4 Å². The lowest BCUT2D eigenvalue weighted by Crippen LogP contribution is -2.58. The van der Waals surface area contributed by atoms with Gasteiger partial charge in [0.05, 0.1) is 18.1 Å². The van der Waals surface area contributed by atoms with Gasteiger partial charge in [0.2, 0.25) is 0 Å². The van der Waals surface area contributed by atoms with Crippen molar-refractivity contribution in [3.05, 3.63) is 29.3 Å². The molecule has 0 unspecified atom stereocenters. The van der Waals surface area contributed by atoms with Gasteiger partial charge in [-0.3, -0.25) is 9.59 Å². The molecule has 1 heterocycles. The second kappa shape index (κ2) is 4.63. The molecule has 0 aromatic heterocycles. The maximum absolute atomic E-state index is 11.2. The normalized spacial score (nSPS) is 15.2. The summed E-state index contributed by atoms with van der Waals surface area (Å²) in [6.07, 6.45) is -0.141. The monoisotopic (exact) mass is 254 g/mol. The fourth-order valence-corrected chi connectivity index (χ4v) is 1.73. The lowest BCUT2D eigenvalue weighted by Gasteiger charge is -2.38. The van der Waals surface area contributed by atoms with E-state index in [0.29, 0.717) is 23.9 Å². The van der Waals surface area contributed by atoms with E-state index in [1.54, 1.807) is 18.2 Å². The number of halogens is 1. The highest BCUT2D eigenvalue weighted by atomic mass is 35.5. The molecule has 0 saturated carbocycles. The Kier molecular flexibility index (Phi) is 3.19. The second-order valence-corrected chi connectivity index (χ2v) is 4.15. The van der Waals surface area contributed by atoms with E-state index >= 15 is 0 Å². The first-order valence-electron chi connectivity index (χ1n) is 5.08. The Balaban J connectivity index is 1.88. The Morgan fingerprint density at radius 3 is 2.59 bits per heavy atom. The van der Waals surface area contributed by atoms with Crippen LogP contribution in [0.1, 0.15) is 0 Å². The third-order valence-corrected chi connectivity index (χ3v) is 2.79. The Hall–Kier alpha value is -1.75. The molecule has 1 saturated heterocycles. The van der Waals surface area contributed by atoms with E-state index in [-0.39, 0.29) is 6.10 Å². The summed E-state index contributed by atoms with van der Waals surface area (Å²) in [5.41, 5.74) is 4.88. The minimum Gasteiger partial charge on any atom is -0.485 e. The predicted molar refractivity (Wildman–Crippen MR) is 61.6 cm³/mol. The zero-order valence-electron chi connectivity index (χ0n) is 8.93. The zero-order valence-corrected chi connectivity index (χ0v) is 9.68. The minimum absolute atomic E-state index is 0.141. The van der Waals surface area contributed by atoms with Crippen LogP contribution in [0.2, 0.25) is 5.02 Å². The molecule has 1 fully saturated rings. The number of hydrogen-bond acceptors (Lipinski definition) is 3. The molecule has 1 aliphatic rings. The highest BCUT2D eigenvalue weighted by Gasteiger charge is 2.34. The van der Waals surface area contributed by atoms with E-state index in [1.165, 1.54) is 4.90 Å². The number of ether oxygens (including phenoxy) is 1. The number of amides is 2. The molecule has 0 atom stereocenters. The third kappa shape index (κ3) is 2.50. The van der Waals surface area contributed by atoms with Crippen molar-refractivity contribution in [3.63, 3.8) is 0 Å². The van der Waals surface area contributed by atoms with E-state index < -0.39 is 11.8 Å². The Morgan fingerprint density at radius 1 is 1.35 bits per heavy atom. The average Bonchev–Trinajstić information content (AvgIpc) is 2.24. The molecular formula is C11H11ClN2O3. The number of carbonyl (C=O) groups excluding carboxylic acids is 2. The van der Waals surface area contributed by atoms with Gasteiger partial charge in [-0.2, -0.15) is 0 Å². The van der Waals surface area contributed by atoms with Crippen LogP contribution in [-0.2, 0) is 9.59 Å². The van der Waals surface area contributed by atoms with Gasteiger partial charge >= 0.3 is 11.8 Å². The molecule has 17 heavy (non-hydrogen) atoms. The lowest BCUT2D eigenvalue weighted by molar-refractivity contribution is -0.150. The molecule has 1 aliphatic heterocycles. The number of nitrogens with two attached hydrogens (primary N) is 1. The van der Waals surface area contributed by atoms with Crippen molar-refractivity contribution in [1.29, 1.82) is 0 Å².